The molecule has 0 spiro atoms. The van der Waals surface area contributed by atoms with Crippen molar-refractivity contribution < 1.29 is 18.7 Å². The molecule has 0 fully saturated rings. The van der Waals surface area contributed by atoms with Gasteiger partial charge < -0.3 is 14.5 Å². The number of nitrogens with one attached hydrogen (secondary N) is 1. The number of ether oxygens (including phenoxy) is 1. The highest BCUT2D eigenvalue weighted by atomic mass is 16.5. The van der Waals surface area contributed by atoms with Gasteiger partial charge in [0, 0.05) is 48.1 Å². The van der Waals surface area contributed by atoms with Crippen LogP contribution in [0.15, 0.2) is 76.2 Å². The molecular formula is C23H19N3O5. The van der Waals surface area contributed by atoms with Crippen molar-refractivity contribution in [3.63, 3.8) is 0 Å². The van der Waals surface area contributed by atoms with Gasteiger partial charge in [-0.05, 0) is 35.9 Å². The highest BCUT2D eigenvalue weighted by Crippen LogP contribution is 2.22. The molecule has 8 nitrogen and oxygen atoms in total. The molecule has 0 saturated heterocycles. The third-order valence-corrected chi connectivity index (χ3v) is 4.60. The van der Waals surface area contributed by atoms with E-state index >= 15 is 0 Å². The van der Waals surface area contributed by atoms with Crippen LogP contribution in [0.5, 0.6) is 0 Å². The number of benzene rings is 2. The van der Waals surface area contributed by atoms with E-state index in [9.17, 15) is 14.4 Å². The molecule has 1 amide bonds. The summed E-state index contributed by atoms with van der Waals surface area (Å²) in [6.45, 7) is 1.91. The second-order valence-electron chi connectivity index (χ2n) is 6.96. The van der Waals surface area contributed by atoms with Crippen LogP contribution in [-0.2, 0) is 22.7 Å². The molecule has 0 atom stereocenters. The first-order chi connectivity index (χ1) is 15.0. The third kappa shape index (κ3) is 4.87. The Labute approximate surface area is 177 Å². The maximum Gasteiger partial charge on any atom is 0.338 e. The first kappa shape index (κ1) is 20.1. The second-order valence-corrected chi connectivity index (χ2v) is 6.96. The lowest BCUT2D eigenvalue weighted by atomic mass is 10.1. The van der Waals surface area contributed by atoms with Crippen LogP contribution in [0, 0.1) is 0 Å². The number of carbonyl (C=O) groups excluding carboxylic acids is 2. The lowest BCUT2D eigenvalue weighted by Gasteiger charge is -2.09. The van der Waals surface area contributed by atoms with Crippen molar-refractivity contribution in [1.82, 2.24) is 9.78 Å². The average Bonchev–Trinajstić information content (AvgIpc) is 3.24. The van der Waals surface area contributed by atoms with E-state index in [0.717, 1.165) is 5.56 Å². The van der Waals surface area contributed by atoms with Crippen molar-refractivity contribution in [3.05, 3.63) is 94.1 Å². The predicted octanol–water partition coefficient (Wildman–Crippen LogP) is 3.35. The molecule has 0 bridgehead atoms. The Bertz CT molecular complexity index is 1290. The van der Waals surface area contributed by atoms with Crippen molar-refractivity contribution >= 4 is 28.5 Å². The Hall–Kier alpha value is -4.20. The van der Waals surface area contributed by atoms with Crippen LogP contribution in [0.4, 0.5) is 5.69 Å². The summed E-state index contributed by atoms with van der Waals surface area (Å²) in [4.78, 5) is 35.6. The van der Waals surface area contributed by atoms with Crippen molar-refractivity contribution in [3.8, 4) is 0 Å². The highest BCUT2D eigenvalue weighted by molar-refractivity contribution is 5.92. The summed E-state index contributed by atoms with van der Waals surface area (Å²) in [6.07, 6.45) is 3.57. The van der Waals surface area contributed by atoms with Gasteiger partial charge in [-0.1, -0.05) is 12.1 Å². The Balaban J connectivity index is 1.47. The molecule has 0 aliphatic rings. The SMILES string of the molecule is CC(=O)Nc1ccc2c(COC(=O)c3ccc(Cn4cccn4)cc3)cc(=O)oc2c1. The van der Waals surface area contributed by atoms with Gasteiger partial charge in [0.2, 0.25) is 5.91 Å². The number of rotatable bonds is 6. The summed E-state index contributed by atoms with van der Waals surface area (Å²) < 4.78 is 12.4. The minimum atomic E-state index is -0.568. The molecule has 8 heteroatoms. The average molecular weight is 417 g/mol. The molecule has 2 aromatic heterocycles. The standard InChI is InChI=1S/C23H19N3O5/c1-15(27)25-19-7-8-20-18(11-22(28)31-21(20)12-19)14-30-23(29)17-5-3-16(4-6-17)13-26-10-2-9-24-26/h2-12H,13-14H2,1H3,(H,25,27). The van der Waals surface area contributed by atoms with Crippen LogP contribution in [0.25, 0.3) is 11.0 Å². The largest absolute Gasteiger partial charge is 0.457 e. The van der Waals surface area contributed by atoms with Gasteiger partial charge in [0.05, 0.1) is 12.1 Å². The smallest absolute Gasteiger partial charge is 0.338 e. The Kier molecular flexibility index (Phi) is 5.61. The minimum Gasteiger partial charge on any atom is -0.457 e. The van der Waals surface area contributed by atoms with E-state index in [1.807, 2.05) is 24.4 Å². The van der Waals surface area contributed by atoms with Crippen LogP contribution >= 0.6 is 0 Å². The van der Waals surface area contributed by atoms with Gasteiger partial charge in [0.15, 0.2) is 0 Å². The molecule has 2 heterocycles. The van der Waals surface area contributed by atoms with Gasteiger partial charge in [-0.2, -0.15) is 5.10 Å². The van der Waals surface area contributed by atoms with Gasteiger partial charge in [-0.3, -0.25) is 9.48 Å². The number of fused-ring (bicyclic) bond motifs is 1. The molecule has 0 radical (unpaired) electrons. The maximum absolute atomic E-state index is 12.5. The van der Waals surface area contributed by atoms with Crippen LogP contribution < -0.4 is 10.9 Å². The molecule has 2 aromatic carbocycles. The molecule has 1 N–H and O–H groups in total. The fourth-order valence-electron chi connectivity index (χ4n) is 3.18. The van der Waals surface area contributed by atoms with E-state index in [2.05, 4.69) is 10.4 Å². The molecular weight excluding hydrogens is 398 g/mol. The van der Waals surface area contributed by atoms with Gasteiger partial charge in [-0.15, -0.1) is 0 Å². The molecule has 0 aliphatic carbocycles. The molecule has 0 saturated carbocycles. The third-order valence-electron chi connectivity index (χ3n) is 4.60. The van der Waals surface area contributed by atoms with E-state index < -0.39 is 11.6 Å². The quantitative estimate of drug-likeness (QED) is 0.381. The predicted molar refractivity (Wildman–Crippen MR) is 114 cm³/mol. The molecule has 31 heavy (non-hydrogen) atoms. The van der Waals surface area contributed by atoms with Crippen LogP contribution in [0.3, 0.4) is 0 Å². The summed E-state index contributed by atoms with van der Waals surface area (Å²) in [5.41, 5.74) is 2.16. The van der Waals surface area contributed by atoms with Crippen LogP contribution in [0.1, 0.15) is 28.4 Å². The molecule has 0 aliphatic heterocycles. The van der Waals surface area contributed by atoms with Gasteiger partial charge >= 0.3 is 11.6 Å². The number of carbonyl (C=O) groups is 2. The van der Waals surface area contributed by atoms with E-state index in [-0.39, 0.29) is 12.5 Å². The topological polar surface area (TPSA) is 103 Å². The van der Waals surface area contributed by atoms with Crippen molar-refractivity contribution in [2.24, 2.45) is 0 Å². The van der Waals surface area contributed by atoms with Crippen molar-refractivity contribution in [2.45, 2.75) is 20.1 Å². The first-order valence-corrected chi connectivity index (χ1v) is 9.56. The monoisotopic (exact) mass is 417 g/mol. The fraction of sp³-hybridized carbons (Fsp3) is 0.130. The Morgan fingerprint density at radius 3 is 2.65 bits per heavy atom. The second kappa shape index (κ2) is 8.66. The minimum absolute atomic E-state index is 0.0878. The normalized spacial score (nSPS) is 10.7. The van der Waals surface area contributed by atoms with E-state index in [4.69, 9.17) is 9.15 Å². The Morgan fingerprint density at radius 1 is 1.13 bits per heavy atom. The zero-order chi connectivity index (χ0) is 21.8. The van der Waals surface area contributed by atoms with E-state index in [1.165, 1.54) is 13.0 Å². The summed E-state index contributed by atoms with van der Waals surface area (Å²) in [7, 11) is 0. The van der Waals surface area contributed by atoms with Crippen molar-refractivity contribution in [2.75, 3.05) is 5.32 Å². The number of amides is 1. The van der Waals surface area contributed by atoms with Gasteiger partial charge in [0.1, 0.15) is 12.2 Å². The fourth-order valence-corrected chi connectivity index (χ4v) is 3.18. The number of hydrogen-bond donors (Lipinski definition) is 1. The van der Waals surface area contributed by atoms with E-state index in [0.29, 0.717) is 34.3 Å². The summed E-state index contributed by atoms with van der Waals surface area (Å²) in [6, 6.07) is 15.2. The number of nitrogens with zero attached hydrogens (tertiary/aromatic N) is 2. The molecule has 0 unspecified atom stereocenters. The first-order valence-electron chi connectivity index (χ1n) is 9.56. The molecule has 156 valence electrons. The van der Waals surface area contributed by atoms with E-state index in [1.54, 1.807) is 41.2 Å². The molecule has 4 rings (SSSR count). The zero-order valence-corrected chi connectivity index (χ0v) is 16.7. The highest BCUT2D eigenvalue weighted by Gasteiger charge is 2.12. The van der Waals surface area contributed by atoms with Crippen molar-refractivity contribution in [1.29, 1.82) is 0 Å². The zero-order valence-electron chi connectivity index (χ0n) is 16.7. The number of esters is 1. The number of aromatic nitrogens is 2. The van der Waals surface area contributed by atoms with Crippen LogP contribution in [-0.4, -0.2) is 21.7 Å². The van der Waals surface area contributed by atoms with Gasteiger partial charge in [0.25, 0.3) is 0 Å². The maximum atomic E-state index is 12.5. The number of anilines is 1. The number of hydrogen-bond acceptors (Lipinski definition) is 6. The summed E-state index contributed by atoms with van der Waals surface area (Å²) >= 11 is 0. The Morgan fingerprint density at radius 2 is 1.94 bits per heavy atom. The summed E-state index contributed by atoms with van der Waals surface area (Å²) in [5.74, 6) is -0.732. The lowest BCUT2D eigenvalue weighted by Crippen LogP contribution is -2.09. The molecule has 4 aromatic rings. The summed E-state index contributed by atoms with van der Waals surface area (Å²) in [5, 5.41) is 7.41. The van der Waals surface area contributed by atoms with Gasteiger partial charge in [-0.25, -0.2) is 9.59 Å². The van der Waals surface area contributed by atoms with Crippen LogP contribution in [0.2, 0.25) is 0 Å². The lowest BCUT2D eigenvalue weighted by molar-refractivity contribution is -0.114.